The van der Waals surface area contributed by atoms with E-state index in [2.05, 4.69) is 23.7 Å². The molecule has 20 heavy (non-hydrogen) atoms. The van der Waals surface area contributed by atoms with E-state index in [4.69, 9.17) is 0 Å². The first-order valence-electron chi connectivity index (χ1n) is 6.83. The number of benzene rings is 2. The summed E-state index contributed by atoms with van der Waals surface area (Å²) in [6, 6.07) is 10.9. The molecular weight excluding hydrogens is 251 g/mol. The third-order valence-corrected chi connectivity index (χ3v) is 3.70. The van der Waals surface area contributed by atoms with Crippen molar-refractivity contribution >= 4 is 22.8 Å². The van der Waals surface area contributed by atoms with Gasteiger partial charge in [-0.1, -0.05) is 38.1 Å². The summed E-state index contributed by atoms with van der Waals surface area (Å²) in [6.45, 7) is 5.12. The van der Waals surface area contributed by atoms with Crippen LogP contribution in [0.3, 0.4) is 0 Å². The van der Waals surface area contributed by atoms with Crippen LogP contribution >= 0.6 is 0 Å². The SMILES string of the molecule is CC(C)C1=CN=CN(c2ccc(F)c3ccccc23)C1. The molecule has 102 valence electrons. The van der Waals surface area contributed by atoms with Crippen molar-refractivity contribution in [2.24, 2.45) is 10.9 Å². The van der Waals surface area contributed by atoms with E-state index in [9.17, 15) is 4.39 Å². The molecule has 3 rings (SSSR count). The van der Waals surface area contributed by atoms with Crippen LogP contribution in [0.15, 0.2) is 53.2 Å². The molecule has 0 amide bonds. The molecule has 1 aliphatic rings. The van der Waals surface area contributed by atoms with Crippen LogP contribution in [0, 0.1) is 11.7 Å². The molecule has 1 heterocycles. The fraction of sp³-hybridized carbons (Fsp3) is 0.235. The first kappa shape index (κ1) is 12.9. The number of aliphatic imine (C=N–C) groups is 1. The lowest BCUT2D eigenvalue weighted by molar-refractivity contribution is 0.640. The van der Waals surface area contributed by atoms with Crippen molar-refractivity contribution in [3.05, 3.63) is 54.0 Å². The van der Waals surface area contributed by atoms with Gasteiger partial charge in [0.05, 0.1) is 12.0 Å². The second-order valence-electron chi connectivity index (χ2n) is 5.36. The average Bonchev–Trinajstić information content (AvgIpc) is 2.48. The minimum atomic E-state index is -0.182. The van der Waals surface area contributed by atoms with Gasteiger partial charge in [-0.05, 0) is 23.6 Å². The van der Waals surface area contributed by atoms with E-state index in [-0.39, 0.29) is 5.82 Å². The smallest absolute Gasteiger partial charge is 0.131 e. The summed E-state index contributed by atoms with van der Waals surface area (Å²) in [5, 5.41) is 1.57. The molecule has 2 aromatic carbocycles. The zero-order valence-corrected chi connectivity index (χ0v) is 11.7. The summed E-state index contributed by atoms with van der Waals surface area (Å²) in [6.07, 6.45) is 3.73. The molecule has 0 saturated heterocycles. The van der Waals surface area contributed by atoms with E-state index in [1.54, 1.807) is 0 Å². The fourth-order valence-corrected chi connectivity index (χ4v) is 2.46. The van der Waals surface area contributed by atoms with Gasteiger partial charge < -0.3 is 4.90 Å². The Hall–Kier alpha value is -2.16. The normalized spacial score (nSPS) is 15.0. The van der Waals surface area contributed by atoms with Gasteiger partial charge in [-0.15, -0.1) is 0 Å². The maximum atomic E-state index is 13.9. The highest BCUT2D eigenvalue weighted by atomic mass is 19.1. The quantitative estimate of drug-likeness (QED) is 0.789. The Morgan fingerprint density at radius 1 is 1.10 bits per heavy atom. The predicted octanol–water partition coefficient (Wildman–Crippen LogP) is 4.37. The van der Waals surface area contributed by atoms with Crippen LogP contribution in [-0.4, -0.2) is 12.9 Å². The minimum Gasteiger partial charge on any atom is -0.328 e. The number of nitrogens with zero attached hydrogens (tertiary/aromatic N) is 2. The second-order valence-corrected chi connectivity index (χ2v) is 5.36. The third kappa shape index (κ3) is 2.20. The van der Waals surface area contributed by atoms with Crippen LogP contribution in [0.4, 0.5) is 10.1 Å². The molecule has 0 atom stereocenters. The molecule has 0 fully saturated rings. The van der Waals surface area contributed by atoms with Gasteiger partial charge in [0, 0.05) is 23.5 Å². The van der Waals surface area contributed by atoms with Crippen LogP contribution in [0.25, 0.3) is 10.8 Å². The lowest BCUT2D eigenvalue weighted by Gasteiger charge is -2.26. The largest absolute Gasteiger partial charge is 0.328 e. The Bertz CT molecular complexity index is 701. The van der Waals surface area contributed by atoms with Gasteiger partial charge in [0.15, 0.2) is 0 Å². The summed E-state index contributed by atoms with van der Waals surface area (Å²) < 4.78 is 13.9. The van der Waals surface area contributed by atoms with E-state index in [0.29, 0.717) is 11.3 Å². The molecule has 3 heteroatoms. The molecule has 0 aliphatic carbocycles. The van der Waals surface area contributed by atoms with Crippen molar-refractivity contribution < 1.29 is 4.39 Å². The van der Waals surface area contributed by atoms with Crippen molar-refractivity contribution in [2.45, 2.75) is 13.8 Å². The molecule has 0 radical (unpaired) electrons. The summed E-state index contributed by atoms with van der Waals surface area (Å²) in [5.74, 6) is 0.277. The number of rotatable bonds is 2. The first-order valence-corrected chi connectivity index (χ1v) is 6.83. The standard InChI is InChI=1S/C17H17FN2/c1-12(2)13-9-19-11-20(10-13)17-8-7-16(18)14-5-3-4-6-15(14)17/h3-9,11-12H,10H2,1-2H3. The van der Waals surface area contributed by atoms with Gasteiger partial charge in [0.25, 0.3) is 0 Å². The maximum absolute atomic E-state index is 13.9. The molecule has 0 saturated carbocycles. The molecule has 0 bridgehead atoms. The topological polar surface area (TPSA) is 15.6 Å². The molecule has 2 nitrogen and oxygen atoms in total. The van der Waals surface area contributed by atoms with Crippen LogP contribution in [0.2, 0.25) is 0 Å². The Kier molecular flexibility index (Phi) is 3.26. The van der Waals surface area contributed by atoms with Gasteiger partial charge in [-0.2, -0.15) is 0 Å². The number of anilines is 1. The number of halogens is 1. The summed E-state index contributed by atoms with van der Waals surface area (Å²) in [5.41, 5.74) is 2.28. The van der Waals surface area contributed by atoms with E-state index < -0.39 is 0 Å². The monoisotopic (exact) mass is 268 g/mol. The Balaban J connectivity index is 2.06. The molecule has 0 N–H and O–H groups in total. The van der Waals surface area contributed by atoms with Gasteiger partial charge in [-0.25, -0.2) is 9.38 Å². The zero-order chi connectivity index (χ0) is 14.1. The van der Waals surface area contributed by atoms with Crippen molar-refractivity contribution in [1.82, 2.24) is 0 Å². The highest BCUT2D eigenvalue weighted by Gasteiger charge is 2.16. The molecule has 0 aromatic heterocycles. The fourth-order valence-electron chi connectivity index (χ4n) is 2.46. The zero-order valence-electron chi connectivity index (χ0n) is 11.7. The first-order chi connectivity index (χ1) is 9.66. The van der Waals surface area contributed by atoms with Crippen molar-refractivity contribution in [3.8, 4) is 0 Å². The van der Waals surface area contributed by atoms with E-state index in [1.165, 1.54) is 11.6 Å². The molecule has 0 unspecified atom stereocenters. The maximum Gasteiger partial charge on any atom is 0.131 e. The van der Waals surface area contributed by atoms with E-state index in [1.807, 2.05) is 42.9 Å². The highest BCUT2D eigenvalue weighted by Crippen LogP contribution is 2.30. The highest BCUT2D eigenvalue weighted by molar-refractivity contribution is 6.00. The molecule has 0 spiro atoms. The molecular formula is C17H17FN2. The van der Waals surface area contributed by atoms with Crippen molar-refractivity contribution in [2.75, 3.05) is 11.4 Å². The number of hydrogen-bond acceptors (Lipinski definition) is 2. The summed E-state index contributed by atoms with van der Waals surface area (Å²) in [7, 11) is 0. The van der Waals surface area contributed by atoms with Crippen molar-refractivity contribution in [1.29, 1.82) is 0 Å². The van der Waals surface area contributed by atoms with Gasteiger partial charge >= 0.3 is 0 Å². The number of hydrogen-bond donors (Lipinski definition) is 0. The van der Waals surface area contributed by atoms with Gasteiger partial charge in [0.1, 0.15) is 5.82 Å². The summed E-state index contributed by atoms with van der Waals surface area (Å²) >= 11 is 0. The van der Waals surface area contributed by atoms with Crippen LogP contribution in [0.5, 0.6) is 0 Å². The average molecular weight is 268 g/mol. The third-order valence-electron chi connectivity index (χ3n) is 3.70. The molecule has 2 aromatic rings. The predicted molar refractivity (Wildman–Crippen MR) is 82.7 cm³/mol. The van der Waals surface area contributed by atoms with Crippen LogP contribution < -0.4 is 4.90 Å². The van der Waals surface area contributed by atoms with Gasteiger partial charge in [-0.3, -0.25) is 0 Å². The lowest BCUT2D eigenvalue weighted by atomic mass is 10.0. The minimum absolute atomic E-state index is 0.182. The Labute approximate surface area is 118 Å². The Morgan fingerprint density at radius 2 is 1.85 bits per heavy atom. The summed E-state index contributed by atoms with van der Waals surface area (Å²) in [4.78, 5) is 6.39. The van der Waals surface area contributed by atoms with E-state index >= 15 is 0 Å². The second kappa shape index (κ2) is 5.08. The van der Waals surface area contributed by atoms with Crippen LogP contribution in [-0.2, 0) is 0 Å². The van der Waals surface area contributed by atoms with Crippen molar-refractivity contribution in [3.63, 3.8) is 0 Å². The lowest BCUT2D eigenvalue weighted by Crippen LogP contribution is -2.28. The Morgan fingerprint density at radius 3 is 2.60 bits per heavy atom. The van der Waals surface area contributed by atoms with Crippen LogP contribution in [0.1, 0.15) is 13.8 Å². The molecule has 1 aliphatic heterocycles. The van der Waals surface area contributed by atoms with E-state index in [0.717, 1.165) is 17.6 Å². The van der Waals surface area contributed by atoms with Gasteiger partial charge in [0.2, 0.25) is 0 Å². The number of fused-ring (bicyclic) bond motifs is 1.